The van der Waals surface area contributed by atoms with Crippen LogP contribution in [0.15, 0.2) is 17.1 Å². The summed E-state index contributed by atoms with van der Waals surface area (Å²) < 4.78 is 0.938. The van der Waals surface area contributed by atoms with Crippen molar-refractivity contribution in [1.82, 2.24) is 10.6 Å². The largest absolute Gasteiger partial charge is 0.394 e. The number of halogens is 3. The predicted octanol–water partition coefficient (Wildman–Crippen LogP) is -0.795. The number of hydrogen-bond donors (Lipinski definition) is 8. The maximum Gasteiger partial charge on any atom is 0.253 e. The van der Waals surface area contributed by atoms with Crippen molar-refractivity contribution in [3.63, 3.8) is 0 Å². The Hall–Kier alpha value is -0.810. The van der Waals surface area contributed by atoms with Crippen LogP contribution < -0.4 is 10.6 Å². The first kappa shape index (κ1) is 33.4. The van der Waals surface area contributed by atoms with E-state index in [-0.39, 0.29) is 45.7 Å². The second-order valence-electron chi connectivity index (χ2n) is 8.51. The molecule has 210 valence electrons. The summed E-state index contributed by atoms with van der Waals surface area (Å²) in [6, 6.07) is 0. The summed E-state index contributed by atoms with van der Waals surface area (Å²) in [7, 11) is 0. The molecule has 0 saturated carbocycles. The van der Waals surface area contributed by atoms with Crippen molar-refractivity contribution in [2.24, 2.45) is 4.99 Å². The number of carbonyl (C=O) groups is 3. The molecule has 0 aromatic heterocycles. The standard InChI is InChI=1S/C23H28I3N3O9/c1-10(33)14-2-3-23(29-14,4-11(34)7-30)17-19(25)15(21(37)27-5-12(35)8-31)18(24)16(20(17)26)22(38)28-6-13(36)9-32/h2-3,11-13,30-32,34-36H,4-9H2,1H3,(H,27,37)(H,28,38). The Balaban J connectivity index is 2.84. The average Bonchev–Trinajstić information content (AvgIpc) is 3.30. The highest BCUT2D eigenvalue weighted by Crippen LogP contribution is 2.44. The van der Waals surface area contributed by atoms with Gasteiger partial charge in [-0.15, -0.1) is 0 Å². The topological polar surface area (TPSA) is 209 Å². The van der Waals surface area contributed by atoms with Gasteiger partial charge in [0.25, 0.3) is 11.8 Å². The number of aliphatic hydroxyl groups excluding tert-OH is 6. The molecule has 38 heavy (non-hydrogen) atoms. The van der Waals surface area contributed by atoms with Gasteiger partial charge in [-0.3, -0.25) is 19.4 Å². The maximum absolute atomic E-state index is 13.3. The SMILES string of the molecule is CC(=O)C1=NC(CC(O)CO)(c2c(I)c(C(=O)NCC(O)CO)c(I)c(C(=O)NCC(O)CO)c2I)C=C1. The highest BCUT2D eigenvalue weighted by atomic mass is 127. The van der Waals surface area contributed by atoms with Gasteiger partial charge in [-0.1, -0.05) is 6.08 Å². The van der Waals surface area contributed by atoms with E-state index in [4.69, 9.17) is 10.2 Å². The van der Waals surface area contributed by atoms with Crippen LogP contribution in [-0.2, 0) is 10.3 Å². The van der Waals surface area contributed by atoms with Crippen molar-refractivity contribution < 1.29 is 45.0 Å². The number of allylic oxidation sites excluding steroid dienone is 1. The molecule has 8 N–H and O–H groups in total. The second-order valence-corrected chi connectivity index (χ2v) is 11.7. The van der Waals surface area contributed by atoms with Gasteiger partial charge in [0.1, 0.15) is 11.3 Å². The van der Waals surface area contributed by atoms with Crippen LogP contribution in [0.2, 0.25) is 0 Å². The Morgan fingerprint density at radius 3 is 1.66 bits per heavy atom. The van der Waals surface area contributed by atoms with Gasteiger partial charge in [-0.05, 0) is 73.8 Å². The molecular formula is C23H28I3N3O9. The van der Waals surface area contributed by atoms with E-state index in [0.717, 1.165) is 0 Å². The van der Waals surface area contributed by atoms with Gasteiger partial charge < -0.3 is 41.3 Å². The van der Waals surface area contributed by atoms with Gasteiger partial charge >= 0.3 is 0 Å². The molecule has 0 fully saturated rings. The molecule has 0 saturated heterocycles. The smallest absolute Gasteiger partial charge is 0.253 e. The maximum atomic E-state index is 13.3. The Labute approximate surface area is 259 Å². The zero-order valence-electron chi connectivity index (χ0n) is 20.1. The molecular weight excluding hydrogens is 843 g/mol. The van der Waals surface area contributed by atoms with E-state index >= 15 is 0 Å². The molecule has 12 nitrogen and oxygen atoms in total. The number of ketones is 1. The fraction of sp³-hybridized carbons (Fsp3) is 0.478. The lowest BCUT2D eigenvalue weighted by molar-refractivity contribution is -0.111. The number of rotatable bonds is 13. The normalized spacial score (nSPS) is 19.1. The molecule has 15 heteroatoms. The molecule has 2 amide bonds. The number of Topliss-reactive ketones (excluding diaryl/α,β-unsaturated/α-hetero) is 1. The molecule has 1 aliphatic rings. The highest BCUT2D eigenvalue weighted by Gasteiger charge is 2.42. The van der Waals surface area contributed by atoms with Gasteiger partial charge in [0, 0.05) is 42.7 Å². The van der Waals surface area contributed by atoms with E-state index in [9.17, 15) is 34.8 Å². The first-order valence-electron chi connectivity index (χ1n) is 11.3. The van der Waals surface area contributed by atoms with Crippen molar-refractivity contribution in [1.29, 1.82) is 0 Å². The highest BCUT2D eigenvalue weighted by molar-refractivity contribution is 14.1. The first-order chi connectivity index (χ1) is 17.8. The van der Waals surface area contributed by atoms with Crippen molar-refractivity contribution in [2.75, 3.05) is 32.9 Å². The minimum absolute atomic E-state index is 0.0531. The van der Waals surface area contributed by atoms with Crippen LogP contribution in [0.3, 0.4) is 0 Å². The summed E-state index contributed by atoms with van der Waals surface area (Å²) in [5.41, 5.74) is -0.872. The molecule has 1 heterocycles. The van der Waals surface area contributed by atoms with Crippen LogP contribution >= 0.6 is 67.8 Å². The number of benzene rings is 1. The number of amides is 2. The van der Waals surface area contributed by atoms with Gasteiger partial charge in [-0.2, -0.15) is 0 Å². The van der Waals surface area contributed by atoms with Crippen molar-refractivity contribution in [2.45, 2.75) is 37.2 Å². The molecule has 0 bridgehead atoms. The monoisotopic (exact) mass is 871 g/mol. The summed E-state index contributed by atoms with van der Waals surface area (Å²) in [6.45, 7) is -0.980. The molecule has 1 aromatic rings. The number of carbonyl (C=O) groups excluding carboxylic acids is 3. The van der Waals surface area contributed by atoms with E-state index in [0.29, 0.717) is 12.7 Å². The summed E-state index contributed by atoms with van der Waals surface area (Å²) >= 11 is 5.67. The molecule has 0 aliphatic carbocycles. The summed E-state index contributed by atoms with van der Waals surface area (Å²) in [5.74, 6) is -1.67. The van der Waals surface area contributed by atoms with E-state index in [1.54, 1.807) is 6.08 Å². The number of aliphatic imine (C=N–C) groups is 1. The number of hydrogen-bond acceptors (Lipinski definition) is 10. The predicted molar refractivity (Wildman–Crippen MR) is 162 cm³/mol. The van der Waals surface area contributed by atoms with E-state index in [1.807, 2.05) is 67.8 Å². The van der Waals surface area contributed by atoms with E-state index < -0.39 is 55.5 Å². The minimum atomic E-state index is -1.42. The van der Waals surface area contributed by atoms with Gasteiger partial charge in [0.2, 0.25) is 0 Å². The van der Waals surface area contributed by atoms with Crippen LogP contribution in [0.5, 0.6) is 0 Å². The van der Waals surface area contributed by atoms with Crippen LogP contribution in [0.25, 0.3) is 0 Å². The van der Waals surface area contributed by atoms with Crippen LogP contribution in [-0.4, -0.2) is 105 Å². The van der Waals surface area contributed by atoms with Crippen LogP contribution in [0.1, 0.15) is 39.6 Å². The van der Waals surface area contributed by atoms with Crippen LogP contribution in [0.4, 0.5) is 0 Å². The van der Waals surface area contributed by atoms with Crippen molar-refractivity contribution in [3.8, 4) is 0 Å². The summed E-state index contributed by atoms with van der Waals surface area (Å²) in [4.78, 5) is 43.3. The van der Waals surface area contributed by atoms with Gasteiger partial charge in [0.05, 0.1) is 49.3 Å². The quantitative estimate of drug-likeness (QED) is 0.117. The second kappa shape index (κ2) is 14.7. The third-order valence-corrected chi connectivity index (χ3v) is 8.81. The summed E-state index contributed by atoms with van der Waals surface area (Å²) in [6.07, 6.45) is -0.805. The Bertz CT molecular complexity index is 1090. The molecule has 1 aliphatic heterocycles. The van der Waals surface area contributed by atoms with Crippen LogP contribution in [0, 0.1) is 10.7 Å². The number of aliphatic hydroxyl groups is 6. The number of nitrogens with zero attached hydrogens (tertiary/aromatic N) is 1. The van der Waals surface area contributed by atoms with Crippen molar-refractivity contribution in [3.05, 3.63) is 39.6 Å². The number of nitrogens with one attached hydrogen (secondary N) is 2. The molecule has 4 atom stereocenters. The molecule has 0 radical (unpaired) electrons. The lowest BCUT2D eigenvalue weighted by Crippen LogP contribution is -2.38. The van der Waals surface area contributed by atoms with Gasteiger partial charge in [-0.25, -0.2) is 0 Å². The molecule has 1 aromatic carbocycles. The third-order valence-electron chi connectivity index (χ3n) is 5.58. The third kappa shape index (κ3) is 7.68. The Kier molecular flexibility index (Phi) is 12.9. The lowest BCUT2D eigenvalue weighted by atomic mass is 9.83. The lowest BCUT2D eigenvalue weighted by Gasteiger charge is -2.31. The van der Waals surface area contributed by atoms with E-state index in [2.05, 4.69) is 15.6 Å². The first-order valence-corrected chi connectivity index (χ1v) is 14.5. The fourth-order valence-electron chi connectivity index (χ4n) is 3.65. The Morgan fingerprint density at radius 1 is 0.842 bits per heavy atom. The zero-order chi connectivity index (χ0) is 28.8. The summed E-state index contributed by atoms with van der Waals surface area (Å²) in [5, 5.41) is 62.7. The average molecular weight is 871 g/mol. The van der Waals surface area contributed by atoms with E-state index in [1.165, 1.54) is 13.0 Å². The Morgan fingerprint density at radius 2 is 1.29 bits per heavy atom. The van der Waals surface area contributed by atoms with Crippen molar-refractivity contribution >= 4 is 91.1 Å². The molecule has 4 unspecified atom stereocenters. The molecule has 2 rings (SSSR count). The van der Waals surface area contributed by atoms with Gasteiger partial charge in [0.15, 0.2) is 5.78 Å². The minimum Gasteiger partial charge on any atom is -0.394 e. The fourth-order valence-corrected chi connectivity index (χ4v) is 8.73. The molecule has 0 spiro atoms. The zero-order valence-corrected chi connectivity index (χ0v) is 26.6.